The van der Waals surface area contributed by atoms with Gasteiger partial charge in [0.25, 0.3) is 5.91 Å². The fraction of sp³-hybridized carbons (Fsp3) is 0.200. The lowest BCUT2D eigenvalue weighted by atomic mass is 10.3. The van der Waals surface area contributed by atoms with Crippen LogP contribution in [0.5, 0.6) is 5.75 Å². The van der Waals surface area contributed by atoms with Crippen LogP contribution in [0.1, 0.15) is 5.69 Å². The van der Waals surface area contributed by atoms with Gasteiger partial charge in [-0.15, -0.1) is 0 Å². The van der Waals surface area contributed by atoms with Gasteiger partial charge in [0.2, 0.25) is 0 Å². The monoisotopic (exact) mass is 256 g/mol. The third-order valence-corrected chi connectivity index (χ3v) is 2.09. The third-order valence-electron chi connectivity index (χ3n) is 2.09. The number of hydrogen-bond acceptors (Lipinski definition) is 6. The molecule has 1 aromatic rings. The number of nitrogens with two attached hydrogens (primary N) is 2. The van der Waals surface area contributed by atoms with E-state index >= 15 is 0 Å². The smallest absolute Gasteiger partial charge is 0.287 e. The van der Waals surface area contributed by atoms with Crippen LogP contribution in [-0.2, 0) is 11.3 Å². The van der Waals surface area contributed by atoms with Crippen LogP contribution in [0.2, 0.25) is 0 Å². The maximum Gasteiger partial charge on any atom is 0.287 e. The summed E-state index contributed by atoms with van der Waals surface area (Å²) in [6.45, 7) is -0.237. The van der Waals surface area contributed by atoms with Crippen molar-refractivity contribution in [3.05, 3.63) is 29.7 Å². The SMILES string of the molecule is COc1c(N)cnc(CNC(=O)/C(O)=C/N)c1F. The Morgan fingerprint density at radius 3 is 2.94 bits per heavy atom. The van der Waals surface area contributed by atoms with Crippen molar-refractivity contribution in [1.82, 2.24) is 10.3 Å². The van der Waals surface area contributed by atoms with E-state index < -0.39 is 17.5 Å². The standard InChI is InChI=1S/C10H13FN4O3/c1-18-9-5(13)3-14-6(8(9)11)4-15-10(17)7(16)2-12/h2-3,16H,4,12-13H2,1H3,(H,15,17)/b7-2-. The van der Waals surface area contributed by atoms with Gasteiger partial charge < -0.3 is 26.6 Å². The molecule has 1 rings (SSSR count). The zero-order valence-corrected chi connectivity index (χ0v) is 9.61. The van der Waals surface area contributed by atoms with Crippen molar-refractivity contribution in [2.45, 2.75) is 6.54 Å². The number of rotatable bonds is 4. The molecule has 0 aliphatic rings. The molecule has 8 heteroatoms. The van der Waals surface area contributed by atoms with Crippen molar-refractivity contribution in [1.29, 1.82) is 0 Å². The minimum Gasteiger partial charge on any atom is -0.502 e. The summed E-state index contributed by atoms with van der Waals surface area (Å²) in [6.07, 6.45) is 1.94. The first kappa shape index (κ1) is 13.6. The zero-order valence-electron chi connectivity index (χ0n) is 9.61. The summed E-state index contributed by atoms with van der Waals surface area (Å²) in [5.41, 5.74) is 10.4. The van der Waals surface area contributed by atoms with Crippen molar-refractivity contribution < 1.29 is 19.0 Å². The number of carbonyl (C=O) groups is 1. The summed E-state index contributed by atoms with van der Waals surface area (Å²) in [4.78, 5) is 14.9. The maximum absolute atomic E-state index is 13.7. The Hall–Kier alpha value is -2.51. The second-order valence-electron chi connectivity index (χ2n) is 3.24. The van der Waals surface area contributed by atoms with Crippen LogP contribution in [0, 0.1) is 5.82 Å². The van der Waals surface area contributed by atoms with Crippen LogP contribution in [0.25, 0.3) is 0 Å². The number of nitrogens with zero attached hydrogens (tertiary/aromatic N) is 1. The van der Waals surface area contributed by atoms with Gasteiger partial charge in [0.05, 0.1) is 31.2 Å². The van der Waals surface area contributed by atoms with E-state index in [2.05, 4.69) is 10.3 Å². The summed E-state index contributed by atoms with van der Waals surface area (Å²) in [7, 11) is 1.26. The number of hydrogen-bond donors (Lipinski definition) is 4. The number of aromatic nitrogens is 1. The molecule has 1 heterocycles. The average Bonchev–Trinajstić information content (AvgIpc) is 2.37. The van der Waals surface area contributed by atoms with Gasteiger partial charge in [0.1, 0.15) is 0 Å². The normalized spacial score (nSPS) is 11.1. The Bertz CT molecular complexity index is 490. The van der Waals surface area contributed by atoms with Gasteiger partial charge >= 0.3 is 0 Å². The third kappa shape index (κ3) is 2.78. The van der Waals surface area contributed by atoms with Gasteiger partial charge in [-0.3, -0.25) is 9.78 Å². The Balaban J connectivity index is 2.84. The van der Waals surface area contributed by atoms with E-state index in [-0.39, 0.29) is 23.7 Å². The molecule has 0 aliphatic carbocycles. The van der Waals surface area contributed by atoms with Gasteiger partial charge in [0, 0.05) is 6.20 Å². The van der Waals surface area contributed by atoms with Crippen molar-refractivity contribution in [2.75, 3.05) is 12.8 Å². The van der Waals surface area contributed by atoms with E-state index in [1.54, 1.807) is 0 Å². The molecule has 7 nitrogen and oxygen atoms in total. The van der Waals surface area contributed by atoms with Gasteiger partial charge in [-0.25, -0.2) is 4.39 Å². The second-order valence-corrected chi connectivity index (χ2v) is 3.24. The predicted octanol–water partition coefficient (Wildman–Crippen LogP) is -0.214. The van der Waals surface area contributed by atoms with E-state index in [4.69, 9.17) is 21.3 Å². The fourth-order valence-corrected chi connectivity index (χ4v) is 1.18. The van der Waals surface area contributed by atoms with E-state index in [0.29, 0.717) is 0 Å². The highest BCUT2D eigenvalue weighted by atomic mass is 19.1. The van der Waals surface area contributed by atoms with E-state index in [1.807, 2.05) is 0 Å². The zero-order chi connectivity index (χ0) is 13.7. The lowest BCUT2D eigenvalue weighted by Crippen LogP contribution is -2.26. The summed E-state index contributed by atoms with van der Waals surface area (Å²) < 4.78 is 18.5. The number of nitrogens with one attached hydrogen (secondary N) is 1. The number of methoxy groups -OCH3 is 1. The van der Waals surface area contributed by atoms with E-state index in [1.165, 1.54) is 13.3 Å². The molecule has 0 aliphatic heterocycles. The van der Waals surface area contributed by atoms with Crippen molar-refractivity contribution in [3.63, 3.8) is 0 Å². The molecule has 0 atom stereocenters. The molecule has 0 unspecified atom stereocenters. The summed E-state index contributed by atoms with van der Waals surface area (Å²) in [5.74, 6) is -2.42. The van der Waals surface area contributed by atoms with Crippen LogP contribution in [0.15, 0.2) is 18.2 Å². The molecule has 0 radical (unpaired) electrons. The van der Waals surface area contributed by atoms with E-state index in [9.17, 15) is 9.18 Å². The number of anilines is 1. The molecule has 1 amide bonds. The van der Waals surface area contributed by atoms with Crippen LogP contribution in [0.3, 0.4) is 0 Å². The largest absolute Gasteiger partial charge is 0.502 e. The summed E-state index contributed by atoms with van der Waals surface area (Å²) in [6, 6.07) is 0. The van der Waals surface area contributed by atoms with E-state index in [0.717, 1.165) is 6.20 Å². The highest BCUT2D eigenvalue weighted by molar-refractivity contribution is 5.90. The Kier molecular flexibility index (Phi) is 4.30. The first-order chi connectivity index (χ1) is 8.51. The number of pyridine rings is 1. The number of aliphatic hydroxyl groups excluding tert-OH is 1. The number of halogens is 1. The molecule has 0 aromatic carbocycles. The van der Waals surface area contributed by atoms with Gasteiger partial charge in [-0.2, -0.15) is 0 Å². The minimum atomic E-state index is -0.838. The molecule has 0 fully saturated rings. The van der Waals surface area contributed by atoms with Crippen LogP contribution < -0.4 is 21.5 Å². The molecule has 1 aromatic heterocycles. The number of aliphatic hydroxyl groups is 1. The predicted molar refractivity (Wildman–Crippen MR) is 61.9 cm³/mol. The lowest BCUT2D eigenvalue weighted by Gasteiger charge is -2.09. The van der Waals surface area contributed by atoms with Crippen LogP contribution in [-0.4, -0.2) is 23.1 Å². The first-order valence-corrected chi connectivity index (χ1v) is 4.87. The van der Waals surface area contributed by atoms with Crippen LogP contribution in [0.4, 0.5) is 10.1 Å². The van der Waals surface area contributed by atoms with Crippen molar-refractivity contribution in [2.24, 2.45) is 5.73 Å². The van der Waals surface area contributed by atoms with Crippen LogP contribution >= 0.6 is 0 Å². The quantitative estimate of drug-likeness (QED) is 0.436. The number of carbonyl (C=O) groups excluding carboxylic acids is 1. The molecule has 0 bridgehead atoms. The number of nitrogen functional groups attached to an aromatic ring is 1. The lowest BCUT2D eigenvalue weighted by molar-refractivity contribution is -0.120. The molecular weight excluding hydrogens is 243 g/mol. The summed E-state index contributed by atoms with van der Waals surface area (Å²) >= 11 is 0. The molecule has 6 N–H and O–H groups in total. The summed E-state index contributed by atoms with van der Waals surface area (Å²) in [5, 5.41) is 11.2. The molecular formula is C10H13FN4O3. The molecule has 0 spiro atoms. The van der Waals surface area contributed by atoms with Gasteiger partial charge in [-0.1, -0.05) is 0 Å². The Labute approximate surface area is 102 Å². The first-order valence-electron chi connectivity index (χ1n) is 4.87. The highest BCUT2D eigenvalue weighted by Crippen LogP contribution is 2.25. The van der Waals surface area contributed by atoms with Crippen molar-refractivity contribution >= 4 is 11.6 Å². The molecule has 0 saturated heterocycles. The second kappa shape index (κ2) is 5.71. The van der Waals surface area contributed by atoms with Crippen molar-refractivity contribution in [3.8, 4) is 5.75 Å². The maximum atomic E-state index is 13.7. The van der Waals surface area contributed by atoms with Gasteiger partial charge in [-0.05, 0) is 0 Å². The fourth-order valence-electron chi connectivity index (χ4n) is 1.18. The van der Waals surface area contributed by atoms with Gasteiger partial charge in [0.15, 0.2) is 17.3 Å². The Morgan fingerprint density at radius 1 is 1.72 bits per heavy atom. The number of amides is 1. The highest BCUT2D eigenvalue weighted by Gasteiger charge is 2.15. The molecule has 18 heavy (non-hydrogen) atoms. The Morgan fingerprint density at radius 2 is 2.39 bits per heavy atom. The molecule has 0 saturated carbocycles. The number of ether oxygens (including phenoxy) is 1. The topological polar surface area (TPSA) is 123 Å². The molecule has 98 valence electrons. The average molecular weight is 256 g/mol. The minimum absolute atomic E-state index is 0.0507.